The van der Waals surface area contributed by atoms with E-state index in [1.54, 1.807) is 13.0 Å². The van der Waals surface area contributed by atoms with Crippen LogP contribution in [0.25, 0.3) is 0 Å². The lowest BCUT2D eigenvalue weighted by Crippen LogP contribution is -2.41. The maximum atomic E-state index is 12.0. The number of anilines is 1. The molecule has 1 amide bonds. The van der Waals surface area contributed by atoms with Crippen LogP contribution in [-0.4, -0.2) is 23.7 Å². The number of halogens is 1. The normalized spacial score (nSPS) is 14.1. The molecular weight excluding hydrogens is 242 g/mol. The van der Waals surface area contributed by atoms with Crippen LogP contribution in [0.3, 0.4) is 0 Å². The summed E-state index contributed by atoms with van der Waals surface area (Å²) in [5.41, 5.74) is -0.348. The van der Waals surface area contributed by atoms with Crippen molar-refractivity contribution in [3.05, 3.63) is 23.2 Å². The molecule has 1 atom stereocenters. The van der Waals surface area contributed by atoms with Gasteiger partial charge in [-0.05, 0) is 31.5 Å². The van der Waals surface area contributed by atoms with Crippen molar-refractivity contribution in [2.24, 2.45) is 0 Å². The second-order valence-corrected chi connectivity index (χ2v) is 4.32. The lowest BCUT2D eigenvalue weighted by molar-refractivity contribution is -0.136. The van der Waals surface area contributed by atoms with Crippen molar-refractivity contribution in [3.63, 3.8) is 0 Å². The van der Waals surface area contributed by atoms with E-state index in [0.717, 1.165) is 0 Å². The number of phenolic OH excluding ortho intramolecular Hbond substituents is 1. The lowest BCUT2D eigenvalue weighted by atomic mass is 10.0. The van der Waals surface area contributed by atoms with Gasteiger partial charge < -0.3 is 15.2 Å². The fourth-order valence-electron chi connectivity index (χ4n) is 1.25. The number of amides is 1. The van der Waals surface area contributed by atoms with Crippen molar-refractivity contribution >= 4 is 23.2 Å². The summed E-state index contributed by atoms with van der Waals surface area (Å²) in [6.45, 7) is 3.58. The predicted molar refractivity (Wildman–Crippen MR) is 67.5 cm³/mol. The molecular formula is C12H16ClNO3. The average molecular weight is 258 g/mol. The lowest BCUT2D eigenvalue weighted by Gasteiger charge is -2.25. The zero-order chi connectivity index (χ0) is 13.1. The Bertz CT molecular complexity index is 416. The highest BCUT2D eigenvalue weighted by Gasteiger charge is 2.30. The van der Waals surface area contributed by atoms with Gasteiger partial charge >= 0.3 is 0 Å². The van der Waals surface area contributed by atoms with Gasteiger partial charge in [-0.2, -0.15) is 0 Å². The van der Waals surface area contributed by atoms with Crippen molar-refractivity contribution in [1.82, 2.24) is 0 Å². The highest BCUT2D eigenvalue weighted by Crippen LogP contribution is 2.27. The number of carbonyl (C=O) groups excluding carboxylic acids is 1. The number of ether oxygens (including phenoxy) is 1. The third kappa shape index (κ3) is 3.11. The van der Waals surface area contributed by atoms with Crippen LogP contribution in [0.2, 0.25) is 5.02 Å². The van der Waals surface area contributed by atoms with E-state index >= 15 is 0 Å². The van der Waals surface area contributed by atoms with Gasteiger partial charge in [0.25, 0.3) is 5.91 Å². The summed E-state index contributed by atoms with van der Waals surface area (Å²) in [4.78, 5) is 12.0. The molecule has 0 aliphatic carbocycles. The van der Waals surface area contributed by atoms with E-state index in [4.69, 9.17) is 16.3 Å². The SMILES string of the molecule is CCC(C)(OC)C(=O)Nc1ccc(O)c(Cl)c1. The number of hydrogen-bond donors (Lipinski definition) is 2. The minimum atomic E-state index is -0.871. The Hall–Kier alpha value is -1.26. The smallest absolute Gasteiger partial charge is 0.256 e. The molecule has 17 heavy (non-hydrogen) atoms. The molecule has 0 fully saturated rings. The van der Waals surface area contributed by atoms with Crippen LogP contribution in [0.5, 0.6) is 5.75 Å². The summed E-state index contributed by atoms with van der Waals surface area (Å²) in [5.74, 6) is -0.265. The van der Waals surface area contributed by atoms with Gasteiger partial charge in [-0.3, -0.25) is 4.79 Å². The Morgan fingerprint density at radius 1 is 1.59 bits per heavy atom. The van der Waals surface area contributed by atoms with Crippen LogP contribution >= 0.6 is 11.6 Å². The molecule has 0 aliphatic heterocycles. The summed E-state index contributed by atoms with van der Waals surface area (Å²) < 4.78 is 5.18. The minimum absolute atomic E-state index is 0.0188. The molecule has 94 valence electrons. The molecule has 1 unspecified atom stereocenters. The summed E-state index contributed by atoms with van der Waals surface area (Å²) in [6, 6.07) is 4.49. The van der Waals surface area contributed by atoms with Crippen LogP contribution in [0.15, 0.2) is 18.2 Å². The van der Waals surface area contributed by atoms with Gasteiger partial charge in [0.1, 0.15) is 11.4 Å². The van der Waals surface area contributed by atoms with E-state index in [9.17, 15) is 9.90 Å². The number of methoxy groups -OCH3 is 1. The Kier molecular flexibility index (Phi) is 4.37. The van der Waals surface area contributed by atoms with E-state index in [0.29, 0.717) is 12.1 Å². The van der Waals surface area contributed by atoms with Crippen molar-refractivity contribution in [3.8, 4) is 5.75 Å². The molecule has 0 bridgehead atoms. The summed E-state index contributed by atoms with van der Waals surface area (Å²) >= 11 is 5.75. The van der Waals surface area contributed by atoms with E-state index in [2.05, 4.69) is 5.32 Å². The number of phenols is 1. The van der Waals surface area contributed by atoms with Gasteiger partial charge in [0.05, 0.1) is 5.02 Å². The number of benzene rings is 1. The second-order valence-electron chi connectivity index (χ2n) is 3.91. The van der Waals surface area contributed by atoms with Gasteiger partial charge in [-0.25, -0.2) is 0 Å². The highest BCUT2D eigenvalue weighted by molar-refractivity contribution is 6.32. The fourth-order valence-corrected chi connectivity index (χ4v) is 1.43. The number of hydrogen-bond acceptors (Lipinski definition) is 3. The molecule has 4 nitrogen and oxygen atoms in total. The first-order valence-corrected chi connectivity index (χ1v) is 5.66. The fraction of sp³-hybridized carbons (Fsp3) is 0.417. The quantitative estimate of drug-likeness (QED) is 0.816. The number of carbonyl (C=O) groups is 1. The molecule has 0 saturated heterocycles. The van der Waals surface area contributed by atoms with E-state index < -0.39 is 5.60 Å². The first-order chi connectivity index (χ1) is 7.92. The highest BCUT2D eigenvalue weighted by atomic mass is 35.5. The third-order valence-corrected chi connectivity index (χ3v) is 3.11. The molecule has 0 aromatic heterocycles. The van der Waals surface area contributed by atoms with Crippen LogP contribution < -0.4 is 5.32 Å². The summed E-state index contributed by atoms with van der Waals surface area (Å²) in [6.07, 6.45) is 0.557. The summed E-state index contributed by atoms with van der Waals surface area (Å²) in [7, 11) is 1.49. The molecule has 0 saturated carbocycles. The van der Waals surface area contributed by atoms with Gasteiger partial charge in [0, 0.05) is 12.8 Å². The van der Waals surface area contributed by atoms with Crippen molar-refractivity contribution < 1.29 is 14.6 Å². The van der Waals surface area contributed by atoms with Crippen LogP contribution in [0, 0.1) is 0 Å². The van der Waals surface area contributed by atoms with Crippen LogP contribution in [-0.2, 0) is 9.53 Å². The Morgan fingerprint density at radius 3 is 2.71 bits per heavy atom. The zero-order valence-corrected chi connectivity index (χ0v) is 10.8. The Labute approximate surface area is 106 Å². The zero-order valence-electron chi connectivity index (χ0n) is 10.1. The summed E-state index contributed by atoms with van der Waals surface area (Å²) in [5, 5.41) is 12.1. The molecule has 0 radical (unpaired) electrons. The molecule has 0 heterocycles. The average Bonchev–Trinajstić information content (AvgIpc) is 2.32. The standard InChI is InChI=1S/C12H16ClNO3/c1-4-12(2,17-3)11(16)14-8-5-6-10(15)9(13)7-8/h5-7,15H,4H2,1-3H3,(H,14,16). The van der Waals surface area contributed by atoms with Crippen molar-refractivity contribution in [1.29, 1.82) is 0 Å². The topological polar surface area (TPSA) is 58.6 Å². The molecule has 0 spiro atoms. The van der Waals surface area contributed by atoms with Crippen LogP contribution in [0.4, 0.5) is 5.69 Å². The van der Waals surface area contributed by atoms with Crippen molar-refractivity contribution in [2.45, 2.75) is 25.9 Å². The molecule has 2 N–H and O–H groups in total. The number of aromatic hydroxyl groups is 1. The monoisotopic (exact) mass is 257 g/mol. The number of nitrogens with one attached hydrogen (secondary N) is 1. The van der Waals surface area contributed by atoms with E-state index in [1.807, 2.05) is 6.92 Å². The van der Waals surface area contributed by atoms with Gasteiger partial charge in [0.15, 0.2) is 0 Å². The third-order valence-electron chi connectivity index (χ3n) is 2.81. The Morgan fingerprint density at radius 2 is 2.24 bits per heavy atom. The maximum Gasteiger partial charge on any atom is 0.256 e. The second kappa shape index (κ2) is 5.38. The maximum absolute atomic E-state index is 12.0. The van der Waals surface area contributed by atoms with Crippen molar-refractivity contribution in [2.75, 3.05) is 12.4 Å². The van der Waals surface area contributed by atoms with E-state index in [1.165, 1.54) is 19.2 Å². The Balaban J connectivity index is 2.84. The molecule has 1 aromatic carbocycles. The molecule has 5 heteroatoms. The molecule has 1 aromatic rings. The first-order valence-electron chi connectivity index (χ1n) is 5.28. The first kappa shape index (κ1) is 13.8. The van der Waals surface area contributed by atoms with Gasteiger partial charge in [-0.15, -0.1) is 0 Å². The van der Waals surface area contributed by atoms with Gasteiger partial charge in [0.2, 0.25) is 0 Å². The van der Waals surface area contributed by atoms with E-state index in [-0.39, 0.29) is 16.7 Å². The predicted octanol–water partition coefficient (Wildman–Crippen LogP) is 2.80. The van der Waals surface area contributed by atoms with Crippen LogP contribution in [0.1, 0.15) is 20.3 Å². The molecule has 1 rings (SSSR count). The van der Waals surface area contributed by atoms with Gasteiger partial charge in [-0.1, -0.05) is 18.5 Å². The molecule has 0 aliphatic rings. The number of rotatable bonds is 4. The largest absolute Gasteiger partial charge is 0.506 e. The minimum Gasteiger partial charge on any atom is -0.506 e.